The van der Waals surface area contributed by atoms with E-state index >= 15 is 0 Å². The Balaban J connectivity index is 0.00000147. The summed E-state index contributed by atoms with van der Waals surface area (Å²) in [6, 6.07) is 0. The van der Waals surface area contributed by atoms with Crippen LogP contribution in [0.2, 0.25) is 5.82 Å². The van der Waals surface area contributed by atoms with Crippen LogP contribution in [0.25, 0.3) is 0 Å². The first-order valence-corrected chi connectivity index (χ1v) is 7.93. The lowest BCUT2D eigenvalue weighted by molar-refractivity contribution is 0.00578. The Morgan fingerprint density at radius 1 is 0.950 bits per heavy atom. The molecular formula is C15H29BClNO2. The maximum Gasteiger partial charge on any atom is 0.463 e. The molecule has 0 aromatic heterocycles. The molecule has 3 nitrogen and oxygen atoms in total. The van der Waals surface area contributed by atoms with Gasteiger partial charge in [-0.05, 0) is 52.5 Å². The van der Waals surface area contributed by atoms with E-state index in [1.165, 1.54) is 32.1 Å². The lowest BCUT2D eigenvalue weighted by atomic mass is 9.54. The third-order valence-corrected chi connectivity index (χ3v) is 6.08. The summed E-state index contributed by atoms with van der Waals surface area (Å²) >= 11 is 0. The topological polar surface area (TPSA) is 30.5 Å². The first kappa shape index (κ1) is 16.6. The van der Waals surface area contributed by atoms with Crippen LogP contribution in [0.3, 0.4) is 0 Å². The van der Waals surface area contributed by atoms with Gasteiger partial charge in [-0.2, -0.15) is 0 Å². The zero-order chi connectivity index (χ0) is 13.7. The van der Waals surface area contributed by atoms with E-state index in [4.69, 9.17) is 9.31 Å². The summed E-state index contributed by atoms with van der Waals surface area (Å²) in [5.74, 6) is 0.522. The monoisotopic (exact) mass is 301 g/mol. The first-order valence-electron chi connectivity index (χ1n) is 7.93. The molecule has 1 aliphatic carbocycles. The number of hydrogen-bond donors (Lipinski definition) is 1. The maximum atomic E-state index is 6.31. The number of rotatable bonds is 1. The van der Waals surface area contributed by atoms with Gasteiger partial charge in [-0.15, -0.1) is 12.4 Å². The Bertz CT molecular complexity index is 340. The number of halogens is 1. The van der Waals surface area contributed by atoms with E-state index in [9.17, 15) is 0 Å². The van der Waals surface area contributed by atoms with Crippen molar-refractivity contribution < 1.29 is 9.31 Å². The van der Waals surface area contributed by atoms with Crippen molar-refractivity contribution in [2.24, 2.45) is 5.41 Å². The molecule has 5 heteroatoms. The predicted octanol–water partition coefficient (Wildman–Crippen LogP) is 3.42. The van der Waals surface area contributed by atoms with Crippen molar-refractivity contribution in [2.75, 3.05) is 13.1 Å². The molecule has 2 heterocycles. The average molecular weight is 302 g/mol. The first-order chi connectivity index (χ1) is 8.86. The van der Waals surface area contributed by atoms with E-state index < -0.39 is 0 Å². The standard InChI is InChI=1S/C15H28BNO2.ClH/c1-13(2)14(3,4)19-16(18-13)12-10-17-11-15(12)8-6-5-7-9-15;/h12,17H,5-11H2,1-4H3;1H. The third-order valence-electron chi connectivity index (χ3n) is 6.08. The zero-order valence-electron chi connectivity index (χ0n) is 13.3. The SMILES string of the molecule is CC1(C)OB(C2CNCC23CCCCC3)OC1(C)C.Cl. The summed E-state index contributed by atoms with van der Waals surface area (Å²) in [4.78, 5) is 0. The molecule has 2 aliphatic heterocycles. The van der Waals surface area contributed by atoms with Crippen LogP contribution in [0.1, 0.15) is 59.8 Å². The highest BCUT2D eigenvalue weighted by molar-refractivity contribution is 6.48. The molecule has 3 fully saturated rings. The van der Waals surface area contributed by atoms with Crippen LogP contribution in [-0.4, -0.2) is 31.4 Å². The average Bonchev–Trinajstić information content (AvgIpc) is 2.80. The van der Waals surface area contributed by atoms with Gasteiger partial charge in [-0.3, -0.25) is 0 Å². The molecule has 0 radical (unpaired) electrons. The van der Waals surface area contributed by atoms with Crippen molar-refractivity contribution in [3.8, 4) is 0 Å². The van der Waals surface area contributed by atoms with E-state index in [2.05, 4.69) is 33.0 Å². The van der Waals surface area contributed by atoms with Crippen molar-refractivity contribution in [2.45, 2.75) is 76.8 Å². The van der Waals surface area contributed by atoms with E-state index in [0.717, 1.165) is 13.1 Å². The fourth-order valence-electron chi connectivity index (χ4n) is 4.07. The quantitative estimate of drug-likeness (QED) is 0.753. The Labute approximate surface area is 130 Å². The van der Waals surface area contributed by atoms with Crippen molar-refractivity contribution in [1.82, 2.24) is 5.32 Å². The summed E-state index contributed by atoms with van der Waals surface area (Å²) in [5.41, 5.74) is 0.0334. The van der Waals surface area contributed by atoms with E-state index in [1.807, 2.05) is 0 Å². The fraction of sp³-hybridized carbons (Fsp3) is 1.00. The van der Waals surface area contributed by atoms with Crippen molar-refractivity contribution in [3.05, 3.63) is 0 Å². The molecule has 0 aromatic carbocycles. The molecular weight excluding hydrogens is 272 g/mol. The third kappa shape index (κ3) is 2.53. The minimum Gasteiger partial charge on any atom is -0.403 e. The summed E-state index contributed by atoms with van der Waals surface area (Å²) in [7, 11) is -0.0295. The van der Waals surface area contributed by atoms with Gasteiger partial charge >= 0.3 is 7.12 Å². The van der Waals surface area contributed by atoms with Crippen LogP contribution in [0.4, 0.5) is 0 Å². The molecule has 1 N–H and O–H groups in total. The second-order valence-electron chi connectivity index (χ2n) is 7.79. The molecule has 116 valence electrons. The molecule has 1 saturated carbocycles. The summed E-state index contributed by atoms with van der Waals surface area (Å²) in [6.45, 7) is 10.8. The zero-order valence-corrected chi connectivity index (χ0v) is 14.1. The molecule has 0 bridgehead atoms. The van der Waals surface area contributed by atoms with Crippen LogP contribution in [0, 0.1) is 5.41 Å². The van der Waals surface area contributed by atoms with Gasteiger partial charge in [0.2, 0.25) is 0 Å². The van der Waals surface area contributed by atoms with E-state index in [1.54, 1.807) is 0 Å². The predicted molar refractivity (Wildman–Crippen MR) is 85.5 cm³/mol. The molecule has 1 spiro atoms. The Morgan fingerprint density at radius 3 is 2.05 bits per heavy atom. The van der Waals surface area contributed by atoms with Crippen LogP contribution in [0.5, 0.6) is 0 Å². The largest absolute Gasteiger partial charge is 0.463 e. The second-order valence-corrected chi connectivity index (χ2v) is 7.79. The Morgan fingerprint density at radius 2 is 1.50 bits per heavy atom. The fourth-order valence-corrected chi connectivity index (χ4v) is 4.07. The van der Waals surface area contributed by atoms with Gasteiger partial charge in [0.05, 0.1) is 11.2 Å². The molecule has 1 unspecified atom stereocenters. The molecule has 1 atom stereocenters. The molecule has 0 aromatic rings. The minimum atomic E-state index is -0.198. The molecule has 3 rings (SSSR count). The lowest BCUT2D eigenvalue weighted by Gasteiger charge is -2.38. The molecule has 0 amide bonds. The van der Waals surface area contributed by atoms with Crippen LogP contribution < -0.4 is 5.32 Å². The molecule has 2 saturated heterocycles. The van der Waals surface area contributed by atoms with Crippen LogP contribution in [0.15, 0.2) is 0 Å². The van der Waals surface area contributed by atoms with Crippen LogP contribution in [-0.2, 0) is 9.31 Å². The second kappa shape index (κ2) is 5.46. The maximum absolute atomic E-state index is 6.31. The summed E-state index contributed by atoms with van der Waals surface area (Å²) < 4.78 is 12.6. The van der Waals surface area contributed by atoms with Gasteiger partial charge in [0.25, 0.3) is 0 Å². The smallest absolute Gasteiger partial charge is 0.403 e. The highest BCUT2D eigenvalue weighted by Crippen LogP contribution is 2.52. The molecule has 3 aliphatic rings. The van der Waals surface area contributed by atoms with Crippen molar-refractivity contribution >= 4 is 19.5 Å². The van der Waals surface area contributed by atoms with Gasteiger partial charge in [-0.25, -0.2) is 0 Å². The van der Waals surface area contributed by atoms with Gasteiger partial charge in [-0.1, -0.05) is 19.3 Å². The summed E-state index contributed by atoms with van der Waals surface area (Å²) in [6.07, 6.45) is 6.83. The van der Waals surface area contributed by atoms with Crippen LogP contribution >= 0.6 is 12.4 Å². The minimum absolute atomic E-state index is 0. The Hall–Kier alpha value is 0.235. The van der Waals surface area contributed by atoms with Crippen molar-refractivity contribution in [3.63, 3.8) is 0 Å². The molecule has 20 heavy (non-hydrogen) atoms. The van der Waals surface area contributed by atoms with Gasteiger partial charge in [0.15, 0.2) is 0 Å². The van der Waals surface area contributed by atoms with E-state index in [-0.39, 0.29) is 30.7 Å². The van der Waals surface area contributed by atoms with E-state index in [0.29, 0.717) is 11.2 Å². The van der Waals surface area contributed by atoms with Gasteiger partial charge in [0, 0.05) is 12.4 Å². The van der Waals surface area contributed by atoms with Gasteiger partial charge < -0.3 is 14.6 Å². The highest BCUT2D eigenvalue weighted by Gasteiger charge is 2.59. The normalized spacial score (nSPS) is 34.2. The Kier molecular flexibility index (Phi) is 4.53. The highest BCUT2D eigenvalue weighted by atomic mass is 35.5. The number of nitrogens with one attached hydrogen (secondary N) is 1. The summed E-state index contributed by atoms with van der Waals surface area (Å²) in [5, 5.41) is 3.60. The van der Waals surface area contributed by atoms with Gasteiger partial charge in [0.1, 0.15) is 0 Å². The van der Waals surface area contributed by atoms with Crippen molar-refractivity contribution in [1.29, 1.82) is 0 Å². The lowest BCUT2D eigenvalue weighted by Crippen LogP contribution is -2.41. The number of hydrogen-bond acceptors (Lipinski definition) is 3.